The lowest BCUT2D eigenvalue weighted by Gasteiger charge is -2.39. The van der Waals surface area contributed by atoms with Crippen LogP contribution in [0.2, 0.25) is 0 Å². The number of carbonyl (C=O) groups is 3. The van der Waals surface area contributed by atoms with Crippen molar-refractivity contribution < 1.29 is 29.5 Å². The summed E-state index contributed by atoms with van der Waals surface area (Å²) in [5.41, 5.74) is 0.564. The molecule has 0 saturated carbocycles. The number of aliphatic hydroxyl groups excluding tert-OH is 1. The summed E-state index contributed by atoms with van der Waals surface area (Å²) in [5.74, 6) is -1.77. The summed E-state index contributed by atoms with van der Waals surface area (Å²) in [4.78, 5) is 60.1. The predicted octanol–water partition coefficient (Wildman–Crippen LogP) is 4.87. The van der Waals surface area contributed by atoms with Crippen LogP contribution in [0.4, 0.5) is 22.7 Å². The van der Waals surface area contributed by atoms with Crippen molar-refractivity contribution in [2.75, 3.05) is 47.6 Å². The molecule has 3 N–H and O–H groups in total. The van der Waals surface area contributed by atoms with Crippen LogP contribution in [0.25, 0.3) is 0 Å². The second-order valence-corrected chi connectivity index (χ2v) is 14.7. The molecule has 4 aromatic carbocycles. The smallest absolute Gasteiger partial charge is 0.269 e. The first-order valence-electron chi connectivity index (χ1n) is 18.9. The van der Waals surface area contributed by atoms with Crippen LogP contribution in [0.3, 0.4) is 0 Å². The van der Waals surface area contributed by atoms with Crippen LogP contribution in [-0.4, -0.2) is 76.2 Å². The molecular weight excluding hydrogens is 713 g/mol. The van der Waals surface area contributed by atoms with Gasteiger partial charge in [0.05, 0.1) is 30.4 Å². The van der Waals surface area contributed by atoms with Gasteiger partial charge in [-0.15, -0.1) is 0 Å². The van der Waals surface area contributed by atoms with E-state index in [2.05, 4.69) is 10.2 Å². The van der Waals surface area contributed by atoms with E-state index < -0.39 is 27.9 Å². The fraction of sp³-hybridized carbons (Fsp3) is 0.326. The number of rotatable bonds is 13. The van der Waals surface area contributed by atoms with Gasteiger partial charge in [0.15, 0.2) is 5.60 Å². The first kappa shape index (κ1) is 38.4. The summed E-state index contributed by atoms with van der Waals surface area (Å²) in [6.45, 7) is 3.72. The van der Waals surface area contributed by atoms with Crippen LogP contribution in [0.15, 0.2) is 115 Å². The van der Waals surface area contributed by atoms with Gasteiger partial charge in [0.2, 0.25) is 5.91 Å². The molecule has 4 aromatic rings. The summed E-state index contributed by atoms with van der Waals surface area (Å²) in [6.07, 6.45) is 4.44. The summed E-state index contributed by atoms with van der Waals surface area (Å²) < 4.78 is 0. The lowest BCUT2D eigenvalue weighted by Crippen LogP contribution is -2.55. The molecule has 7 rings (SSSR count). The quantitative estimate of drug-likeness (QED) is 0.0983. The molecule has 56 heavy (non-hydrogen) atoms. The highest BCUT2D eigenvalue weighted by molar-refractivity contribution is 6.08. The van der Waals surface area contributed by atoms with E-state index in [0.717, 1.165) is 24.3 Å². The number of para-hydroxylation sites is 1. The van der Waals surface area contributed by atoms with Crippen molar-refractivity contribution in [2.24, 2.45) is 5.92 Å². The number of benzene rings is 4. The number of piperidine rings is 1. The number of fused-ring (bicyclic) bond motifs is 1. The highest BCUT2D eigenvalue weighted by Gasteiger charge is 2.54. The second kappa shape index (κ2) is 16.1. The Bertz CT molecular complexity index is 2120. The van der Waals surface area contributed by atoms with Gasteiger partial charge >= 0.3 is 0 Å². The SMILES string of the molecule is C[C@H](/C=C/CC(=O)N(CCO)Cc1ccccc1)[C@@]1(O)C(=O)N(Cc2cccc(N3CN(c4ccccc4)C4(CCNCC4)C3=O)c2)c2ccc([N+](=O)[O-])cc21. The summed E-state index contributed by atoms with van der Waals surface area (Å²) >= 11 is 0. The zero-order chi connectivity index (χ0) is 39.5. The minimum Gasteiger partial charge on any atom is -0.395 e. The second-order valence-electron chi connectivity index (χ2n) is 14.7. The molecule has 0 unspecified atom stereocenters. The van der Waals surface area contributed by atoms with Crippen LogP contribution < -0.4 is 20.0 Å². The zero-order valence-electron chi connectivity index (χ0n) is 31.3. The van der Waals surface area contributed by atoms with E-state index in [1.54, 1.807) is 24.0 Å². The molecule has 2 fully saturated rings. The largest absolute Gasteiger partial charge is 0.395 e. The maximum absolute atomic E-state index is 14.4. The van der Waals surface area contributed by atoms with Crippen molar-refractivity contribution in [1.82, 2.24) is 10.2 Å². The molecule has 290 valence electrons. The molecule has 3 aliphatic rings. The number of aliphatic hydroxyl groups is 2. The lowest BCUT2D eigenvalue weighted by molar-refractivity contribution is -0.385. The molecule has 2 atom stereocenters. The first-order valence-corrected chi connectivity index (χ1v) is 18.9. The normalized spacial score (nSPS) is 19.5. The standard InChI is InChI=1S/C43H46N6O7/c1-31(10-8-17-39(51)45(24-25-50)28-32-11-4-2-5-12-32)43(54)37-27-36(49(55)56)18-19-38(37)46(41(43)53)29-33-13-9-16-35(26-33)47-30-48(34-14-6-3-7-15-34)42(40(47)52)20-22-44-23-21-42/h2-16,18-19,26-27,31,44,50,54H,17,20-25,28-30H2,1H3/b10-8+/t31-,43+/m1/s1. The summed E-state index contributed by atoms with van der Waals surface area (Å²) in [5, 5.41) is 37.1. The monoisotopic (exact) mass is 758 g/mol. The number of amides is 3. The highest BCUT2D eigenvalue weighted by Crippen LogP contribution is 2.47. The first-order chi connectivity index (χ1) is 27.1. The maximum atomic E-state index is 14.4. The van der Waals surface area contributed by atoms with Crippen molar-refractivity contribution in [3.63, 3.8) is 0 Å². The predicted molar refractivity (Wildman–Crippen MR) is 213 cm³/mol. The minimum absolute atomic E-state index is 0.0166. The average molecular weight is 759 g/mol. The summed E-state index contributed by atoms with van der Waals surface area (Å²) in [6, 6.07) is 30.8. The number of hydrogen-bond donors (Lipinski definition) is 3. The fourth-order valence-electron chi connectivity index (χ4n) is 8.24. The molecule has 3 aliphatic heterocycles. The Hall–Kier alpha value is -5.89. The van der Waals surface area contributed by atoms with Crippen LogP contribution in [-0.2, 0) is 33.1 Å². The van der Waals surface area contributed by atoms with Crippen LogP contribution in [0, 0.1) is 16.0 Å². The van der Waals surface area contributed by atoms with E-state index in [1.807, 2.05) is 84.9 Å². The van der Waals surface area contributed by atoms with Crippen LogP contribution >= 0.6 is 0 Å². The number of nitrogens with one attached hydrogen (secondary N) is 1. The number of nitro benzene ring substituents is 1. The number of hydrogen-bond acceptors (Lipinski definition) is 9. The summed E-state index contributed by atoms with van der Waals surface area (Å²) in [7, 11) is 0. The van der Waals surface area contributed by atoms with Gasteiger partial charge in [-0.05, 0) is 67.4 Å². The molecule has 2 saturated heterocycles. The van der Waals surface area contributed by atoms with Gasteiger partial charge in [0, 0.05) is 54.5 Å². The van der Waals surface area contributed by atoms with Crippen molar-refractivity contribution in [1.29, 1.82) is 0 Å². The lowest BCUT2D eigenvalue weighted by atomic mass is 9.82. The Kier molecular flexibility index (Phi) is 11.0. The third-order valence-corrected chi connectivity index (χ3v) is 11.3. The third kappa shape index (κ3) is 7.16. The topological polar surface area (TPSA) is 160 Å². The Balaban J connectivity index is 1.13. The van der Waals surface area contributed by atoms with Crippen LogP contribution in [0.5, 0.6) is 0 Å². The molecule has 3 amide bonds. The van der Waals surface area contributed by atoms with Crippen LogP contribution in [0.1, 0.15) is 42.9 Å². The molecule has 13 heteroatoms. The van der Waals surface area contributed by atoms with Gasteiger partial charge in [-0.25, -0.2) is 0 Å². The Morgan fingerprint density at radius 1 is 0.929 bits per heavy atom. The average Bonchev–Trinajstić information content (AvgIpc) is 3.61. The van der Waals surface area contributed by atoms with E-state index in [4.69, 9.17) is 0 Å². The van der Waals surface area contributed by atoms with E-state index in [0.29, 0.717) is 43.0 Å². The Morgan fingerprint density at radius 2 is 1.61 bits per heavy atom. The van der Waals surface area contributed by atoms with Gasteiger partial charge in [-0.2, -0.15) is 0 Å². The fourth-order valence-corrected chi connectivity index (χ4v) is 8.24. The number of nitrogens with zero attached hydrogens (tertiary/aromatic N) is 5. The number of nitro groups is 1. The molecule has 13 nitrogen and oxygen atoms in total. The van der Waals surface area contributed by atoms with Crippen molar-refractivity contribution in [3.8, 4) is 0 Å². The van der Waals surface area contributed by atoms with Gasteiger partial charge < -0.3 is 30.2 Å². The van der Waals surface area contributed by atoms with Gasteiger partial charge in [0.1, 0.15) is 5.54 Å². The van der Waals surface area contributed by atoms with Crippen molar-refractivity contribution >= 4 is 40.5 Å². The Morgan fingerprint density at radius 3 is 2.30 bits per heavy atom. The molecule has 3 heterocycles. The molecular formula is C43H46N6O7. The van der Waals surface area contributed by atoms with E-state index in [-0.39, 0.29) is 49.2 Å². The zero-order valence-corrected chi connectivity index (χ0v) is 31.3. The maximum Gasteiger partial charge on any atom is 0.269 e. The molecule has 1 spiro atoms. The number of anilines is 3. The molecule has 0 radical (unpaired) electrons. The van der Waals surface area contributed by atoms with Gasteiger partial charge in [0.25, 0.3) is 17.5 Å². The van der Waals surface area contributed by atoms with E-state index in [1.165, 1.54) is 28.0 Å². The molecule has 0 bridgehead atoms. The minimum atomic E-state index is -2.17. The molecule has 0 aromatic heterocycles. The van der Waals surface area contributed by atoms with Gasteiger partial charge in [-0.3, -0.25) is 29.4 Å². The van der Waals surface area contributed by atoms with E-state index >= 15 is 0 Å². The van der Waals surface area contributed by atoms with Crippen molar-refractivity contribution in [2.45, 2.75) is 50.4 Å². The number of non-ortho nitro benzene ring substituents is 1. The highest BCUT2D eigenvalue weighted by atomic mass is 16.6. The van der Waals surface area contributed by atoms with Gasteiger partial charge in [-0.1, -0.05) is 79.7 Å². The van der Waals surface area contributed by atoms with E-state index in [9.17, 15) is 34.7 Å². The van der Waals surface area contributed by atoms with Crippen molar-refractivity contribution in [3.05, 3.63) is 142 Å². The Labute approximate surface area is 325 Å². The third-order valence-electron chi connectivity index (χ3n) is 11.3. The number of carbonyl (C=O) groups excluding carboxylic acids is 3. The molecule has 0 aliphatic carbocycles.